The number of fused-ring (bicyclic) bond motifs is 2. The van der Waals surface area contributed by atoms with Gasteiger partial charge in [0.1, 0.15) is 0 Å². The Kier molecular flexibility index (Phi) is 11.6. The zero-order valence-electron chi connectivity index (χ0n) is 24.2. The van der Waals surface area contributed by atoms with E-state index in [0.717, 1.165) is 45.8 Å². The van der Waals surface area contributed by atoms with Crippen molar-refractivity contribution in [3.63, 3.8) is 0 Å². The third-order valence-corrected chi connectivity index (χ3v) is 7.08. The molecular formula is C34H18Cl2F12Ti-2. The molecule has 0 aromatic heterocycles. The van der Waals surface area contributed by atoms with E-state index in [1.54, 1.807) is 72.8 Å². The maximum atomic E-state index is 12.9. The Morgan fingerprint density at radius 3 is 0.918 bits per heavy atom. The molecule has 0 bridgehead atoms. The van der Waals surface area contributed by atoms with Crippen molar-refractivity contribution in [1.82, 2.24) is 0 Å². The molecule has 0 atom stereocenters. The molecule has 0 aliphatic rings. The second-order valence-corrected chi connectivity index (χ2v) is 13.0. The predicted molar refractivity (Wildman–Crippen MR) is 162 cm³/mol. The van der Waals surface area contributed by atoms with Gasteiger partial charge < -0.3 is 0 Å². The first-order chi connectivity index (χ1) is 22.7. The number of halogens is 14. The van der Waals surface area contributed by atoms with Crippen LogP contribution < -0.4 is 0 Å². The molecule has 0 aliphatic carbocycles. The van der Waals surface area contributed by atoms with E-state index >= 15 is 0 Å². The van der Waals surface area contributed by atoms with Gasteiger partial charge in [-0.1, -0.05) is 71.8 Å². The van der Waals surface area contributed by atoms with Gasteiger partial charge in [0.25, 0.3) is 0 Å². The van der Waals surface area contributed by atoms with Gasteiger partial charge in [-0.25, -0.2) is 0 Å². The number of rotatable bonds is 2. The van der Waals surface area contributed by atoms with Gasteiger partial charge in [0, 0.05) is 22.3 Å². The molecule has 0 fully saturated rings. The topological polar surface area (TPSA) is 0 Å². The average Bonchev–Trinajstić information content (AvgIpc) is 3.65. The van der Waals surface area contributed by atoms with Gasteiger partial charge in [0.05, 0.1) is 0 Å². The molecule has 0 saturated heterocycles. The van der Waals surface area contributed by atoms with Crippen LogP contribution in [0.3, 0.4) is 0 Å². The normalized spacial score (nSPS) is 12.3. The Hall–Kier alpha value is -3.45. The van der Waals surface area contributed by atoms with E-state index in [1.807, 2.05) is 0 Å². The van der Waals surface area contributed by atoms with Crippen LogP contribution in [0.1, 0.15) is 22.3 Å². The summed E-state index contributed by atoms with van der Waals surface area (Å²) in [5, 5.41) is 3.03. The third kappa shape index (κ3) is 9.84. The van der Waals surface area contributed by atoms with E-state index in [4.69, 9.17) is 18.6 Å². The SMILES string of the molecule is FC(F)(F)c1cc(-c2cc3ccccc3[cH-]2)cc(C(F)(F)F)c1.FC(F)(F)c1cc(-c2cc3ccccc3[cH-]2)cc(C(F)(F)F)c1.[Cl][Ti][Cl]. The number of hydrogen-bond donors (Lipinski definition) is 0. The molecule has 0 unspecified atom stereocenters. The van der Waals surface area contributed by atoms with Crippen molar-refractivity contribution < 1.29 is 69.7 Å². The molecule has 0 saturated carbocycles. The zero-order valence-corrected chi connectivity index (χ0v) is 27.3. The summed E-state index contributed by atoms with van der Waals surface area (Å²) in [4.78, 5) is 0. The van der Waals surface area contributed by atoms with Crippen LogP contribution in [0.25, 0.3) is 43.8 Å². The van der Waals surface area contributed by atoms with Crippen LogP contribution >= 0.6 is 18.6 Å². The first-order valence-electron chi connectivity index (χ1n) is 13.6. The fraction of sp³-hybridized carbons (Fsp3) is 0.118. The van der Waals surface area contributed by atoms with Crippen molar-refractivity contribution in [2.45, 2.75) is 24.7 Å². The van der Waals surface area contributed by atoms with E-state index in [2.05, 4.69) is 0 Å². The van der Waals surface area contributed by atoms with Crippen molar-refractivity contribution in [2.75, 3.05) is 0 Å². The second kappa shape index (κ2) is 14.8. The van der Waals surface area contributed by atoms with Gasteiger partial charge in [0.15, 0.2) is 0 Å². The summed E-state index contributed by atoms with van der Waals surface area (Å²) in [5.74, 6) is 0. The fourth-order valence-corrected chi connectivity index (χ4v) is 4.88. The van der Waals surface area contributed by atoms with Gasteiger partial charge in [0.2, 0.25) is 0 Å². The molecule has 0 nitrogen and oxygen atoms in total. The van der Waals surface area contributed by atoms with Crippen LogP contribution in [0.5, 0.6) is 0 Å². The van der Waals surface area contributed by atoms with Gasteiger partial charge in [-0.15, -0.1) is 69.1 Å². The first-order valence-corrected chi connectivity index (χ1v) is 17.9. The first kappa shape index (κ1) is 38.4. The van der Waals surface area contributed by atoms with Gasteiger partial charge >= 0.3 is 60.3 Å². The van der Waals surface area contributed by atoms with Crippen LogP contribution in [-0.4, -0.2) is 0 Å². The van der Waals surface area contributed by atoms with Crippen LogP contribution in [0.4, 0.5) is 52.7 Å². The summed E-state index contributed by atoms with van der Waals surface area (Å²) < 4.78 is 155. The Bertz CT molecular complexity index is 1750. The Balaban J connectivity index is 0.000000205. The predicted octanol–water partition coefficient (Wildman–Crippen LogP) is 13.9. The standard InChI is InChI=1S/2C17H9F6.2ClH.Ti/c2*18-16(19,20)14-7-13(8-15(9-14)17(21,22)23)12-5-10-3-1-2-4-11(10)6-12;;;/h2*1-9H;2*1H;/q2*-1;;;+2/p-2. The molecule has 6 aromatic rings. The van der Waals surface area contributed by atoms with Crippen molar-refractivity contribution in [3.8, 4) is 22.3 Å². The fourth-order valence-electron chi connectivity index (χ4n) is 4.88. The zero-order chi connectivity index (χ0) is 36.4. The summed E-state index contributed by atoms with van der Waals surface area (Å²) in [6.07, 6.45) is -19.4. The summed E-state index contributed by atoms with van der Waals surface area (Å²) in [7, 11) is 9.78. The monoisotopic (exact) mass is 772 g/mol. The van der Waals surface area contributed by atoms with E-state index in [0.29, 0.717) is 11.1 Å². The summed E-state index contributed by atoms with van der Waals surface area (Å²) in [6, 6.07) is 23.5. The molecule has 0 amide bonds. The van der Waals surface area contributed by atoms with Gasteiger partial charge in [-0.2, -0.15) is 52.7 Å². The van der Waals surface area contributed by atoms with E-state index in [-0.39, 0.29) is 23.3 Å². The van der Waals surface area contributed by atoms with Crippen LogP contribution in [-0.2, 0) is 41.7 Å². The average molecular weight is 773 g/mol. The third-order valence-electron chi connectivity index (χ3n) is 7.08. The van der Waals surface area contributed by atoms with Crippen LogP contribution in [0.15, 0.2) is 109 Å². The maximum absolute atomic E-state index is 12.9. The molecule has 0 radical (unpaired) electrons. The van der Waals surface area contributed by atoms with Crippen molar-refractivity contribution in [1.29, 1.82) is 0 Å². The molecular weight excluding hydrogens is 755 g/mol. The molecule has 15 heteroatoms. The molecule has 0 aliphatic heterocycles. The molecule has 49 heavy (non-hydrogen) atoms. The van der Waals surface area contributed by atoms with Gasteiger partial charge in [-0.05, 0) is 12.1 Å². The molecule has 0 N–H and O–H groups in total. The Morgan fingerprint density at radius 2 is 0.673 bits per heavy atom. The molecule has 258 valence electrons. The number of hydrogen-bond acceptors (Lipinski definition) is 0. The van der Waals surface area contributed by atoms with Crippen molar-refractivity contribution in [3.05, 3.63) is 131 Å². The van der Waals surface area contributed by atoms with Gasteiger partial charge in [-0.3, -0.25) is 0 Å². The quantitative estimate of drug-likeness (QED) is 0.0934. The van der Waals surface area contributed by atoms with E-state index in [9.17, 15) is 52.7 Å². The van der Waals surface area contributed by atoms with E-state index in [1.165, 1.54) is 0 Å². The number of alkyl halides is 12. The van der Waals surface area contributed by atoms with Crippen LogP contribution in [0, 0.1) is 0 Å². The van der Waals surface area contributed by atoms with E-state index < -0.39 is 64.0 Å². The molecule has 6 aromatic carbocycles. The molecule has 0 spiro atoms. The minimum absolute atomic E-state index is 0.108. The minimum atomic E-state index is -4.85. The van der Waals surface area contributed by atoms with Crippen molar-refractivity contribution >= 4 is 40.2 Å². The Labute approximate surface area is 287 Å². The Morgan fingerprint density at radius 1 is 0.408 bits per heavy atom. The number of benzene rings is 4. The van der Waals surface area contributed by atoms with Crippen molar-refractivity contribution in [2.24, 2.45) is 0 Å². The van der Waals surface area contributed by atoms with Crippen LogP contribution in [0.2, 0.25) is 0 Å². The molecule has 0 heterocycles. The second-order valence-electron chi connectivity index (χ2n) is 10.4. The summed E-state index contributed by atoms with van der Waals surface area (Å²) in [5.41, 5.74) is -4.82. The summed E-state index contributed by atoms with van der Waals surface area (Å²) in [6.45, 7) is 0. The summed E-state index contributed by atoms with van der Waals surface area (Å²) >= 11 is -0.556. The molecule has 6 rings (SSSR count).